The predicted molar refractivity (Wildman–Crippen MR) is 131 cm³/mol. The number of hydrogen-bond acceptors (Lipinski definition) is 10. The molecule has 5 atom stereocenters. The molecule has 2 aliphatic heterocycles. The van der Waals surface area contributed by atoms with Gasteiger partial charge in [0.1, 0.15) is 11.5 Å². The van der Waals surface area contributed by atoms with Gasteiger partial charge in [-0.15, -0.1) is 11.8 Å². The summed E-state index contributed by atoms with van der Waals surface area (Å²) in [5.74, 6) is -0.983. The summed E-state index contributed by atoms with van der Waals surface area (Å²) < 4.78 is 49.3. The van der Waals surface area contributed by atoms with Crippen molar-refractivity contribution in [2.45, 2.75) is 64.2 Å². The molecule has 0 bridgehead atoms. The second kappa shape index (κ2) is 10.9. The Hall–Kier alpha value is -1.76. The number of nitrogens with one attached hydrogen (secondary N) is 1. The van der Waals surface area contributed by atoms with E-state index in [0.717, 1.165) is 0 Å². The maximum atomic E-state index is 12.7. The van der Waals surface area contributed by atoms with Gasteiger partial charge in [-0.25, -0.2) is 4.99 Å². The van der Waals surface area contributed by atoms with Crippen LogP contribution in [0.4, 0.5) is 19.2 Å². The first-order chi connectivity index (χ1) is 16.0. The zero-order valence-corrected chi connectivity index (χ0v) is 21.5. The van der Waals surface area contributed by atoms with Crippen molar-refractivity contribution in [3.8, 4) is 0 Å². The van der Waals surface area contributed by atoms with Crippen molar-refractivity contribution in [3.05, 3.63) is 5.82 Å². The average molecular weight is 521 g/mol. The Balaban J connectivity index is 1.63. The van der Waals surface area contributed by atoms with E-state index in [9.17, 15) is 13.2 Å². The molecule has 190 valence electrons. The van der Waals surface area contributed by atoms with Gasteiger partial charge in [0.05, 0.1) is 11.6 Å². The second-order valence-electron chi connectivity index (χ2n) is 8.94. The Bertz CT molecular complexity index is 903. The molecule has 0 aromatic carbocycles. The van der Waals surface area contributed by atoms with Crippen LogP contribution in [-0.2, 0) is 10.9 Å². The molecule has 0 spiro atoms. The second-order valence-corrected chi connectivity index (χ2v) is 10.7. The SMILES string of the molecule is CSC1N=CSC(OC(C)C2CCN(c3nc(C(F)(F)F)no3)CC2)=N[C@@H](C)[C@H](C)C1(C)C=N. The summed E-state index contributed by atoms with van der Waals surface area (Å²) in [6.45, 7) is 9.15. The van der Waals surface area contributed by atoms with Crippen LogP contribution in [0.3, 0.4) is 0 Å². The summed E-state index contributed by atoms with van der Waals surface area (Å²) in [6.07, 6.45) is 0.141. The minimum absolute atomic E-state index is 0.0696. The summed E-state index contributed by atoms with van der Waals surface area (Å²) in [5.41, 5.74) is 1.31. The Morgan fingerprint density at radius 1 is 1.35 bits per heavy atom. The Morgan fingerprint density at radius 3 is 2.59 bits per heavy atom. The highest BCUT2D eigenvalue weighted by atomic mass is 32.2. The normalized spacial score (nSPS) is 30.2. The van der Waals surface area contributed by atoms with E-state index in [0.29, 0.717) is 31.2 Å². The van der Waals surface area contributed by atoms with E-state index in [2.05, 4.69) is 22.1 Å². The van der Waals surface area contributed by atoms with Crippen molar-refractivity contribution in [3.63, 3.8) is 0 Å². The maximum absolute atomic E-state index is 12.7. The molecule has 1 fully saturated rings. The maximum Gasteiger partial charge on any atom is 0.455 e. The molecule has 13 heteroatoms. The van der Waals surface area contributed by atoms with Crippen molar-refractivity contribution < 1.29 is 22.4 Å². The average Bonchev–Trinajstić information content (AvgIpc) is 3.32. The Morgan fingerprint density at radius 2 is 2.03 bits per heavy atom. The number of thioether (sulfide) groups is 2. The van der Waals surface area contributed by atoms with Crippen LogP contribution in [0.25, 0.3) is 0 Å². The lowest BCUT2D eigenvalue weighted by Gasteiger charge is -2.37. The molecule has 8 nitrogen and oxygen atoms in total. The van der Waals surface area contributed by atoms with E-state index in [4.69, 9.17) is 19.7 Å². The number of anilines is 1. The lowest BCUT2D eigenvalue weighted by Crippen LogP contribution is -2.41. The first-order valence-corrected chi connectivity index (χ1v) is 13.3. The lowest BCUT2D eigenvalue weighted by atomic mass is 9.75. The molecule has 3 rings (SSSR count). The molecule has 2 aliphatic rings. The van der Waals surface area contributed by atoms with Crippen LogP contribution in [0.15, 0.2) is 14.5 Å². The van der Waals surface area contributed by atoms with Gasteiger partial charge in [-0.05, 0) is 61.7 Å². The van der Waals surface area contributed by atoms with Crippen LogP contribution in [0, 0.1) is 22.7 Å². The largest absolute Gasteiger partial charge is 0.469 e. The number of rotatable bonds is 5. The quantitative estimate of drug-likeness (QED) is 0.532. The van der Waals surface area contributed by atoms with E-state index >= 15 is 0 Å². The molecule has 1 aromatic heterocycles. The van der Waals surface area contributed by atoms with Gasteiger partial charge < -0.3 is 19.6 Å². The third-order valence-corrected chi connectivity index (χ3v) is 8.57. The van der Waals surface area contributed by atoms with Crippen LogP contribution in [0.1, 0.15) is 46.4 Å². The summed E-state index contributed by atoms with van der Waals surface area (Å²) in [4.78, 5) is 14.7. The fourth-order valence-electron chi connectivity index (χ4n) is 4.19. The van der Waals surface area contributed by atoms with E-state index in [-0.39, 0.29) is 35.4 Å². The van der Waals surface area contributed by atoms with Crippen LogP contribution in [-0.4, -0.2) is 64.0 Å². The smallest absolute Gasteiger partial charge is 0.455 e. The zero-order chi connectivity index (χ0) is 25.1. The van der Waals surface area contributed by atoms with Crippen LogP contribution in [0.5, 0.6) is 0 Å². The Kier molecular flexibility index (Phi) is 8.59. The first kappa shape index (κ1) is 26.8. The van der Waals surface area contributed by atoms with Gasteiger partial charge >= 0.3 is 12.2 Å². The molecule has 0 radical (unpaired) electrons. The fourth-order valence-corrected chi connectivity index (χ4v) is 5.95. The molecule has 1 aromatic rings. The van der Waals surface area contributed by atoms with Crippen LogP contribution < -0.4 is 4.90 Å². The number of alkyl halides is 3. The van der Waals surface area contributed by atoms with Gasteiger partial charge in [0.15, 0.2) is 0 Å². The summed E-state index contributed by atoms with van der Waals surface area (Å²) in [5, 5.41) is 11.5. The minimum atomic E-state index is -4.62. The number of aromatic nitrogens is 2. The molecule has 0 aliphatic carbocycles. The van der Waals surface area contributed by atoms with E-state index < -0.39 is 17.4 Å². The van der Waals surface area contributed by atoms with E-state index in [1.54, 1.807) is 22.2 Å². The molecular formula is C21H31F3N6O2S2. The number of halogens is 3. The highest BCUT2D eigenvalue weighted by Crippen LogP contribution is 2.40. The number of aliphatic imine (C=N–C) groups is 2. The molecule has 0 amide bonds. The highest BCUT2D eigenvalue weighted by Gasteiger charge is 2.41. The van der Waals surface area contributed by atoms with Gasteiger partial charge in [0.2, 0.25) is 0 Å². The molecular weight excluding hydrogens is 489 g/mol. The van der Waals surface area contributed by atoms with Crippen molar-refractivity contribution in [2.75, 3.05) is 24.2 Å². The lowest BCUT2D eigenvalue weighted by molar-refractivity contribution is -0.146. The molecule has 3 unspecified atom stereocenters. The van der Waals surface area contributed by atoms with Gasteiger partial charge in [0.25, 0.3) is 11.1 Å². The first-order valence-electron chi connectivity index (χ1n) is 11.1. The zero-order valence-electron chi connectivity index (χ0n) is 19.9. The number of ether oxygens (including phenoxy) is 1. The minimum Gasteiger partial charge on any atom is -0.469 e. The highest BCUT2D eigenvalue weighted by molar-refractivity contribution is 8.24. The van der Waals surface area contributed by atoms with Crippen molar-refractivity contribution in [1.82, 2.24) is 10.1 Å². The van der Waals surface area contributed by atoms with Crippen LogP contribution >= 0.6 is 23.5 Å². The molecule has 1 N–H and O–H groups in total. The number of piperidine rings is 1. The van der Waals surface area contributed by atoms with E-state index in [1.807, 2.05) is 27.0 Å². The fraction of sp³-hybridized carbons (Fsp3) is 0.762. The standard InChI is InChI=1S/C21H31F3N6O2S2/c1-12-13(2)27-19(34-11-26-17(33-5)20(12,4)10-25)31-14(3)15-6-8-30(9-7-15)18-28-16(29-32-18)21(22,23)24/h10-15,17,25H,6-9H2,1-5H3/t12-,13-,14?,17?,20?/m0/s1. The monoisotopic (exact) mass is 520 g/mol. The summed E-state index contributed by atoms with van der Waals surface area (Å²) in [6, 6.07) is -0.174. The van der Waals surface area contributed by atoms with Crippen molar-refractivity contribution in [2.24, 2.45) is 27.2 Å². The third-order valence-electron chi connectivity index (χ3n) is 6.86. The molecule has 0 saturated carbocycles. The van der Waals surface area contributed by atoms with Crippen molar-refractivity contribution >= 4 is 46.5 Å². The molecule has 1 saturated heterocycles. The summed E-state index contributed by atoms with van der Waals surface area (Å²) >= 11 is 2.95. The van der Waals surface area contributed by atoms with E-state index in [1.165, 1.54) is 18.0 Å². The van der Waals surface area contributed by atoms with Crippen LogP contribution in [0.2, 0.25) is 0 Å². The number of nitrogens with zero attached hydrogens (tertiary/aromatic N) is 5. The van der Waals surface area contributed by atoms with Crippen molar-refractivity contribution in [1.29, 1.82) is 5.41 Å². The van der Waals surface area contributed by atoms with Gasteiger partial charge in [-0.3, -0.25) is 4.99 Å². The number of hydrogen-bond donors (Lipinski definition) is 1. The summed E-state index contributed by atoms with van der Waals surface area (Å²) in [7, 11) is 0. The topological polar surface area (TPSA) is 100.0 Å². The van der Waals surface area contributed by atoms with Gasteiger partial charge in [-0.2, -0.15) is 18.2 Å². The predicted octanol–water partition coefficient (Wildman–Crippen LogP) is 5.21. The van der Waals surface area contributed by atoms with Gasteiger partial charge in [0, 0.05) is 24.7 Å². The third kappa shape index (κ3) is 5.89. The molecule has 34 heavy (non-hydrogen) atoms. The molecule has 3 heterocycles. The Labute approximate surface area is 206 Å². The van der Waals surface area contributed by atoms with Gasteiger partial charge in [-0.1, -0.05) is 13.8 Å².